The molecule has 2 fully saturated rings. The molecule has 1 heterocycles. The summed E-state index contributed by atoms with van der Waals surface area (Å²) in [5.74, 6) is -0.0657. The number of hydrogen-bond donors (Lipinski definition) is 1. The third kappa shape index (κ3) is 3.74. The number of carbonyl (C=O) groups excluding carboxylic acids is 2. The highest BCUT2D eigenvalue weighted by Crippen LogP contribution is 2.47. The van der Waals surface area contributed by atoms with E-state index in [-0.39, 0.29) is 11.8 Å². The van der Waals surface area contributed by atoms with Crippen molar-refractivity contribution in [1.29, 1.82) is 0 Å². The topological polar surface area (TPSA) is 61.9 Å². The Morgan fingerprint density at radius 2 is 1.86 bits per heavy atom. The van der Waals surface area contributed by atoms with Crippen LogP contribution in [0.5, 0.6) is 0 Å². The van der Waals surface area contributed by atoms with Crippen LogP contribution in [0.2, 0.25) is 0 Å². The van der Waals surface area contributed by atoms with Gasteiger partial charge >= 0.3 is 0 Å². The van der Waals surface area contributed by atoms with Gasteiger partial charge in [0.05, 0.1) is 0 Å². The fourth-order valence-electron chi connectivity index (χ4n) is 2.82. The third-order valence-electron chi connectivity index (χ3n) is 4.51. The molecule has 1 N–H and O–H groups in total. The second-order valence-corrected chi connectivity index (χ2v) is 5.91. The normalized spacial score (nSPS) is 21.1. The van der Waals surface area contributed by atoms with E-state index in [0.717, 1.165) is 39.1 Å². The number of rotatable bonds is 7. The molecule has 2 rings (SSSR count). The van der Waals surface area contributed by atoms with Crippen LogP contribution in [0, 0.1) is 5.41 Å². The summed E-state index contributed by atoms with van der Waals surface area (Å²) in [6, 6.07) is 0. The van der Waals surface area contributed by atoms with Crippen LogP contribution in [-0.4, -0.2) is 74.6 Å². The molecule has 0 atom stereocenters. The lowest BCUT2D eigenvalue weighted by atomic mass is 10.0. The van der Waals surface area contributed by atoms with Gasteiger partial charge in [-0.2, -0.15) is 0 Å². The summed E-state index contributed by atoms with van der Waals surface area (Å²) in [7, 11) is 1.64. The van der Waals surface area contributed by atoms with Crippen LogP contribution in [0.25, 0.3) is 0 Å². The molecule has 2 amide bonds. The van der Waals surface area contributed by atoms with Crippen LogP contribution in [0.3, 0.4) is 0 Å². The Labute approximate surface area is 126 Å². The van der Waals surface area contributed by atoms with E-state index in [1.165, 1.54) is 0 Å². The number of likely N-dealkylation sites (N-methyl/N-ethyl adjacent to an activating group) is 1. The van der Waals surface area contributed by atoms with E-state index in [9.17, 15) is 9.59 Å². The first-order valence-corrected chi connectivity index (χ1v) is 7.93. The molecule has 1 aliphatic carbocycles. The first-order chi connectivity index (χ1) is 10.1. The molecule has 0 spiro atoms. The largest absolute Gasteiger partial charge is 0.385 e. The zero-order valence-electron chi connectivity index (χ0n) is 13.2. The number of nitrogens with zero attached hydrogens (tertiary/aromatic N) is 2. The monoisotopic (exact) mass is 297 g/mol. The predicted molar refractivity (Wildman–Crippen MR) is 79.9 cm³/mol. The van der Waals surface area contributed by atoms with Gasteiger partial charge in [-0.1, -0.05) is 6.92 Å². The summed E-state index contributed by atoms with van der Waals surface area (Å²) in [6.45, 7) is 7.66. The van der Waals surface area contributed by atoms with E-state index in [0.29, 0.717) is 26.0 Å². The van der Waals surface area contributed by atoms with E-state index in [1.54, 1.807) is 7.11 Å². The van der Waals surface area contributed by atoms with E-state index in [1.807, 2.05) is 4.90 Å². The summed E-state index contributed by atoms with van der Waals surface area (Å²) in [5.41, 5.74) is -0.762. The fraction of sp³-hybridized carbons (Fsp3) is 0.867. The van der Waals surface area contributed by atoms with Gasteiger partial charge < -0.3 is 19.9 Å². The molecule has 1 aliphatic heterocycles. The number of carbonyl (C=O) groups is 2. The van der Waals surface area contributed by atoms with E-state index in [4.69, 9.17) is 4.74 Å². The van der Waals surface area contributed by atoms with Gasteiger partial charge in [-0.15, -0.1) is 0 Å². The lowest BCUT2D eigenvalue weighted by molar-refractivity contribution is -0.145. The van der Waals surface area contributed by atoms with Crippen LogP contribution < -0.4 is 5.32 Å². The van der Waals surface area contributed by atoms with Crippen molar-refractivity contribution >= 4 is 11.8 Å². The highest BCUT2D eigenvalue weighted by Gasteiger charge is 2.57. The second kappa shape index (κ2) is 7.22. The molecule has 0 radical (unpaired) electrons. The van der Waals surface area contributed by atoms with Crippen molar-refractivity contribution in [2.45, 2.75) is 26.2 Å². The van der Waals surface area contributed by atoms with Crippen LogP contribution in [0.15, 0.2) is 0 Å². The van der Waals surface area contributed by atoms with Crippen LogP contribution in [-0.2, 0) is 14.3 Å². The van der Waals surface area contributed by atoms with E-state index < -0.39 is 5.41 Å². The van der Waals surface area contributed by atoms with Crippen molar-refractivity contribution in [3.05, 3.63) is 0 Å². The van der Waals surface area contributed by atoms with Crippen molar-refractivity contribution in [3.8, 4) is 0 Å². The minimum atomic E-state index is -0.762. The predicted octanol–water partition coefficient (Wildman–Crippen LogP) is 0.0834. The van der Waals surface area contributed by atoms with Gasteiger partial charge in [0, 0.05) is 46.4 Å². The number of methoxy groups -OCH3 is 1. The summed E-state index contributed by atoms with van der Waals surface area (Å²) < 4.78 is 4.96. The third-order valence-corrected chi connectivity index (χ3v) is 4.51. The molecule has 0 aromatic carbocycles. The lowest BCUT2D eigenvalue weighted by Gasteiger charge is -2.35. The molecule has 6 nitrogen and oxygen atoms in total. The average Bonchev–Trinajstić information content (AvgIpc) is 3.32. The van der Waals surface area contributed by atoms with Gasteiger partial charge in [-0.3, -0.25) is 9.59 Å². The van der Waals surface area contributed by atoms with Gasteiger partial charge in [0.25, 0.3) is 0 Å². The quantitative estimate of drug-likeness (QED) is 0.534. The summed E-state index contributed by atoms with van der Waals surface area (Å²) in [6.07, 6.45) is 2.16. The Morgan fingerprint density at radius 3 is 2.38 bits per heavy atom. The maximum Gasteiger partial charge on any atom is 0.238 e. The summed E-state index contributed by atoms with van der Waals surface area (Å²) in [5, 5.41) is 2.88. The second-order valence-electron chi connectivity index (χ2n) is 5.91. The average molecular weight is 297 g/mol. The van der Waals surface area contributed by atoms with Crippen molar-refractivity contribution in [3.63, 3.8) is 0 Å². The van der Waals surface area contributed by atoms with Gasteiger partial charge in [0.2, 0.25) is 11.8 Å². The molecule has 0 unspecified atom stereocenters. The number of piperazine rings is 1. The standard InChI is InChI=1S/C15H27N3O3/c1-3-17-8-10-18(11-9-17)14(20)15(5-6-15)13(19)16-7-4-12-21-2/h3-12H2,1-2H3,(H,16,19). The SMILES string of the molecule is CCN1CCN(C(=O)C2(C(=O)NCCCOC)CC2)CC1. The van der Waals surface area contributed by atoms with Gasteiger partial charge in [0.15, 0.2) is 0 Å². The molecule has 0 aromatic rings. The maximum atomic E-state index is 12.6. The maximum absolute atomic E-state index is 12.6. The number of hydrogen-bond acceptors (Lipinski definition) is 4. The minimum Gasteiger partial charge on any atom is -0.385 e. The molecule has 120 valence electrons. The fourth-order valence-corrected chi connectivity index (χ4v) is 2.82. The lowest BCUT2D eigenvalue weighted by Crippen LogP contribution is -2.53. The Balaban J connectivity index is 1.82. The number of nitrogens with one attached hydrogen (secondary N) is 1. The van der Waals surface area contributed by atoms with Crippen molar-refractivity contribution in [2.24, 2.45) is 5.41 Å². The zero-order valence-corrected chi connectivity index (χ0v) is 13.2. The highest BCUT2D eigenvalue weighted by molar-refractivity contribution is 6.07. The smallest absolute Gasteiger partial charge is 0.238 e. The molecule has 1 saturated carbocycles. The molecule has 2 aliphatic rings. The van der Waals surface area contributed by atoms with Gasteiger partial charge in [-0.05, 0) is 25.8 Å². The van der Waals surface area contributed by atoms with Crippen LogP contribution >= 0.6 is 0 Å². The van der Waals surface area contributed by atoms with Crippen LogP contribution in [0.1, 0.15) is 26.2 Å². The molecular formula is C15H27N3O3. The minimum absolute atomic E-state index is 0.0301. The first kappa shape index (κ1) is 16.2. The highest BCUT2D eigenvalue weighted by atomic mass is 16.5. The Kier molecular flexibility index (Phi) is 5.58. The molecule has 0 aromatic heterocycles. The summed E-state index contributed by atoms with van der Waals surface area (Å²) in [4.78, 5) is 29.1. The van der Waals surface area contributed by atoms with Gasteiger partial charge in [-0.25, -0.2) is 0 Å². The molecular weight excluding hydrogens is 270 g/mol. The Hall–Kier alpha value is -1.14. The van der Waals surface area contributed by atoms with Gasteiger partial charge in [0.1, 0.15) is 5.41 Å². The molecule has 1 saturated heterocycles. The first-order valence-electron chi connectivity index (χ1n) is 7.93. The van der Waals surface area contributed by atoms with Crippen molar-refractivity contribution < 1.29 is 14.3 Å². The number of ether oxygens (including phenoxy) is 1. The van der Waals surface area contributed by atoms with E-state index >= 15 is 0 Å². The number of amides is 2. The molecule has 6 heteroatoms. The van der Waals surface area contributed by atoms with Crippen molar-refractivity contribution in [1.82, 2.24) is 15.1 Å². The van der Waals surface area contributed by atoms with Crippen LogP contribution in [0.4, 0.5) is 0 Å². The van der Waals surface area contributed by atoms with Crippen molar-refractivity contribution in [2.75, 3.05) is 53.0 Å². The molecule has 21 heavy (non-hydrogen) atoms. The Morgan fingerprint density at radius 1 is 1.19 bits per heavy atom. The summed E-state index contributed by atoms with van der Waals surface area (Å²) >= 11 is 0. The zero-order chi connectivity index (χ0) is 15.3. The van der Waals surface area contributed by atoms with E-state index in [2.05, 4.69) is 17.1 Å². The Bertz CT molecular complexity index is 374. The molecule has 0 bridgehead atoms.